The Kier molecular flexibility index (Phi) is 2.66. The number of phenolic OH excluding ortho intramolecular Hbond substituents is 1. The Balaban J connectivity index is 1.66. The van der Waals surface area contributed by atoms with Crippen LogP contribution in [-0.2, 0) is 11.3 Å². The van der Waals surface area contributed by atoms with E-state index in [4.69, 9.17) is 0 Å². The minimum atomic E-state index is 0.155. The number of nitrogens with zero attached hydrogens (tertiary/aromatic N) is 2. The second kappa shape index (κ2) is 4.33. The highest BCUT2D eigenvalue weighted by molar-refractivity contribution is 5.80. The van der Waals surface area contributed by atoms with Crippen LogP contribution in [0.15, 0.2) is 24.5 Å². The lowest BCUT2D eigenvalue weighted by Gasteiger charge is -2.06. The van der Waals surface area contributed by atoms with Gasteiger partial charge in [0.15, 0.2) is 0 Å². The normalized spacial score (nSPS) is 14.9. The molecule has 18 heavy (non-hydrogen) atoms. The third kappa shape index (κ3) is 2.16. The van der Waals surface area contributed by atoms with Gasteiger partial charge in [-0.2, -0.15) is 0 Å². The van der Waals surface area contributed by atoms with Crippen LogP contribution in [0, 0.1) is 5.92 Å². The molecule has 0 spiro atoms. The summed E-state index contributed by atoms with van der Waals surface area (Å²) in [6.07, 6.45) is 3.77. The zero-order valence-corrected chi connectivity index (χ0v) is 9.97. The van der Waals surface area contributed by atoms with Crippen molar-refractivity contribution in [3.05, 3.63) is 24.5 Å². The first-order valence-corrected chi connectivity index (χ1v) is 6.15. The maximum absolute atomic E-state index is 11.5. The molecule has 1 aromatic heterocycles. The average Bonchev–Trinajstić information content (AvgIpc) is 3.13. The highest BCUT2D eigenvalue weighted by Crippen LogP contribution is 2.28. The molecule has 5 nitrogen and oxygen atoms in total. The van der Waals surface area contributed by atoms with E-state index in [2.05, 4.69) is 10.3 Å². The van der Waals surface area contributed by atoms with Gasteiger partial charge in [0.25, 0.3) is 0 Å². The van der Waals surface area contributed by atoms with E-state index < -0.39 is 0 Å². The first-order chi connectivity index (χ1) is 8.74. The van der Waals surface area contributed by atoms with Crippen molar-refractivity contribution in [2.24, 2.45) is 5.92 Å². The van der Waals surface area contributed by atoms with E-state index in [1.807, 2.05) is 4.57 Å². The van der Waals surface area contributed by atoms with Gasteiger partial charge < -0.3 is 15.0 Å². The van der Waals surface area contributed by atoms with Gasteiger partial charge in [-0.1, -0.05) is 0 Å². The van der Waals surface area contributed by atoms with Gasteiger partial charge in [0.05, 0.1) is 17.4 Å². The van der Waals surface area contributed by atoms with Crippen molar-refractivity contribution in [2.45, 2.75) is 19.4 Å². The summed E-state index contributed by atoms with van der Waals surface area (Å²) in [5, 5.41) is 12.4. The number of amides is 1. The van der Waals surface area contributed by atoms with Crippen LogP contribution in [0.5, 0.6) is 5.75 Å². The van der Waals surface area contributed by atoms with E-state index in [1.54, 1.807) is 24.5 Å². The number of nitrogens with one attached hydrogen (secondary N) is 1. The number of phenols is 1. The molecule has 1 aliphatic carbocycles. The number of carbonyl (C=O) groups excluding carboxylic acids is 1. The Hall–Kier alpha value is -2.04. The molecule has 0 bridgehead atoms. The lowest BCUT2D eigenvalue weighted by Crippen LogP contribution is -2.28. The summed E-state index contributed by atoms with van der Waals surface area (Å²) in [7, 11) is 0. The van der Waals surface area contributed by atoms with E-state index >= 15 is 0 Å². The summed E-state index contributed by atoms with van der Waals surface area (Å²) in [5.74, 6) is 0.627. The summed E-state index contributed by atoms with van der Waals surface area (Å²) in [6, 6.07) is 5.09. The van der Waals surface area contributed by atoms with Crippen molar-refractivity contribution in [2.75, 3.05) is 6.54 Å². The Morgan fingerprint density at radius 3 is 3.11 bits per heavy atom. The molecule has 2 N–H and O–H groups in total. The number of fused-ring (bicyclic) bond motifs is 1. The quantitative estimate of drug-likeness (QED) is 0.852. The largest absolute Gasteiger partial charge is 0.508 e. The first-order valence-electron chi connectivity index (χ1n) is 6.15. The molecular formula is C13H15N3O2. The maximum atomic E-state index is 11.5. The van der Waals surface area contributed by atoms with Gasteiger partial charge in [-0.15, -0.1) is 0 Å². The Morgan fingerprint density at radius 1 is 1.50 bits per heavy atom. The second-order valence-electron chi connectivity index (χ2n) is 4.68. The van der Waals surface area contributed by atoms with E-state index in [0.717, 1.165) is 23.9 Å². The second-order valence-corrected chi connectivity index (χ2v) is 4.68. The molecule has 0 atom stereocenters. The molecule has 0 aliphatic heterocycles. The van der Waals surface area contributed by atoms with Gasteiger partial charge in [-0.3, -0.25) is 4.79 Å². The molecule has 5 heteroatoms. The van der Waals surface area contributed by atoms with Crippen LogP contribution in [0.2, 0.25) is 0 Å². The van der Waals surface area contributed by atoms with Crippen LogP contribution in [0.25, 0.3) is 11.0 Å². The fourth-order valence-corrected chi connectivity index (χ4v) is 2.01. The highest BCUT2D eigenvalue weighted by atomic mass is 16.3. The SMILES string of the molecule is O=C(NCCn1cnc2ccc(O)cc21)C1CC1. The van der Waals surface area contributed by atoms with Crippen LogP contribution in [0.4, 0.5) is 0 Å². The van der Waals surface area contributed by atoms with Gasteiger partial charge in [0, 0.05) is 25.1 Å². The highest BCUT2D eigenvalue weighted by Gasteiger charge is 2.28. The minimum Gasteiger partial charge on any atom is -0.508 e. The van der Waals surface area contributed by atoms with Crippen LogP contribution in [0.3, 0.4) is 0 Å². The standard InChI is InChI=1S/C13H15N3O2/c17-10-3-4-11-12(7-10)16(8-15-11)6-5-14-13(18)9-1-2-9/h3-4,7-9,17H,1-2,5-6H2,(H,14,18). The topological polar surface area (TPSA) is 67.2 Å². The molecule has 0 radical (unpaired) electrons. The molecule has 1 amide bonds. The Labute approximate surface area is 104 Å². The molecule has 1 fully saturated rings. The minimum absolute atomic E-state index is 0.155. The fraction of sp³-hybridized carbons (Fsp3) is 0.385. The number of hydrogen-bond donors (Lipinski definition) is 2. The van der Waals surface area contributed by atoms with Crippen molar-refractivity contribution in [1.29, 1.82) is 0 Å². The van der Waals surface area contributed by atoms with Gasteiger partial charge >= 0.3 is 0 Å². The van der Waals surface area contributed by atoms with Crippen molar-refractivity contribution in [3.8, 4) is 5.75 Å². The first kappa shape index (κ1) is 11.1. The van der Waals surface area contributed by atoms with Gasteiger partial charge in [0.1, 0.15) is 5.75 Å². The molecule has 2 aromatic rings. The van der Waals surface area contributed by atoms with Crippen molar-refractivity contribution >= 4 is 16.9 Å². The molecule has 3 rings (SSSR count). The maximum Gasteiger partial charge on any atom is 0.223 e. The number of benzene rings is 1. The molecule has 1 aromatic carbocycles. The van der Waals surface area contributed by atoms with Crippen molar-refractivity contribution < 1.29 is 9.90 Å². The third-order valence-electron chi connectivity index (χ3n) is 3.20. The predicted octanol–water partition coefficient (Wildman–Crippen LogP) is 1.27. The Bertz CT molecular complexity index is 587. The van der Waals surface area contributed by atoms with Crippen LogP contribution in [-0.4, -0.2) is 27.1 Å². The lowest BCUT2D eigenvalue weighted by molar-refractivity contribution is -0.122. The number of aromatic hydroxyl groups is 1. The monoisotopic (exact) mass is 245 g/mol. The lowest BCUT2D eigenvalue weighted by atomic mass is 10.3. The molecule has 0 unspecified atom stereocenters. The van der Waals surface area contributed by atoms with Crippen LogP contribution < -0.4 is 5.32 Å². The third-order valence-corrected chi connectivity index (χ3v) is 3.20. The fourth-order valence-electron chi connectivity index (χ4n) is 2.01. The number of rotatable bonds is 4. The number of hydrogen-bond acceptors (Lipinski definition) is 3. The van der Waals surface area contributed by atoms with E-state index in [-0.39, 0.29) is 17.6 Å². The summed E-state index contributed by atoms with van der Waals surface area (Å²) in [5.41, 5.74) is 1.73. The number of carbonyl (C=O) groups is 1. The zero-order valence-electron chi connectivity index (χ0n) is 9.97. The van der Waals surface area contributed by atoms with E-state index in [1.165, 1.54) is 0 Å². The Morgan fingerprint density at radius 2 is 2.33 bits per heavy atom. The van der Waals surface area contributed by atoms with Crippen molar-refractivity contribution in [1.82, 2.24) is 14.9 Å². The van der Waals surface area contributed by atoms with Crippen LogP contribution >= 0.6 is 0 Å². The molecule has 1 heterocycles. The number of aromatic nitrogens is 2. The molecule has 94 valence electrons. The van der Waals surface area contributed by atoms with E-state index in [9.17, 15) is 9.90 Å². The molecule has 1 saturated carbocycles. The molecular weight excluding hydrogens is 230 g/mol. The summed E-state index contributed by atoms with van der Waals surface area (Å²) in [4.78, 5) is 15.7. The smallest absolute Gasteiger partial charge is 0.223 e. The van der Waals surface area contributed by atoms with Crippen molar-refractivity contribution in [3.63, 3.8) is 0 Å². The summed E-state index contributed by atoms with van der Waals surface area (Å²) >= 11 is 0. The number of imidazole rings is 1. The molecule has 0 saturated heterocycles. The van der Waals surface area contributed by atoms with Gasteiger partial charge in [-0.25, -0.2) is 4.98 Å². The molecule has 1 aliphatic rings. The van der Waals surface area contributed by atoms with Crippen LogP contribution in [0.1, 0.15) is 12.8 Å². The van der Waals surface area contributed by atoms with Gasteiger partial charge in [-0.05, 0) is 25.0 Å². The average molecular weight is 245 g/mol. The zero-order chi connectivity index (χ0) is 12.5. The summed E-state index contributed by atoms with van der Waals surface area (Å²) < 4.78 is 1.93. The van der Waals surface area contributed by atoms with E-state index in [0.29, 0.717) is 13.1 Å². The predicted molar refractivity (Wildman–Crippen MR) is 67.1 cm³/mol. The van der Waals surface area contributed by atoms with Gasteiger partial charge in [0.2, 0.25) is 5.91 Å². The summed E-state index contributed by atoms with van der Waals surface area (Å²) in [6.45, 7) is 1.26.